The average Bonchev–Trinajstić information content (AvgIpc) is 2.18. The van der Waals surface area contributed by atoms with Gasteiger partial charge in [0.25, 0.3) is 0 Å². The Morgan fingerprint density at radius 1 is 0.800 bits per heavy atom. The van der Waals surface area contributed by atoms with Crippen molar-refractivity contribution in [1.29, 1.82) is 0 Å². The number of aryl methyl sites for hydroxylation is 2. The highest BCUT2D eigenvalue weighted by Gasteiger charge is 1.98. The maximum atomic E-state index is 4.17. The minimum absolute atomic E-state index is 0. The van der Waals surface area contributed by atoms with Gasteiger partial charge in [0.2, 0.25) is 0 Å². The quantitative estimate of drug-likeness (QED) is 0.755. The predicted octanol–water partition coefficient (Wildman–Crippen LogP) is 3.38. The first kappa shape index (κ1) is 12.1. The van der Waals surface area contributed by atoms with Crippen LogP contribution in [0.1, 0.15) is 11.4 Å². The van der Waals surface area contributed by atoms with Gasteiger partial charge in [-0.15, -0.1) is 24.0 Å². The van der Waals surface area contributed by atoms with Crippen LogP contribution in [0.5, 0.6) is 0 Å². The Morgan fingerprint density at radius 3 is 1.53 bits per heavy atom. The van der Waals surface area contributed by atoms with Gasteiger partial charge in [0.1, 0.15) is 0 Å². The second kappa shape index (κ2) is 5.21. The lowest BCUT2D eigenvalue weighted by molar-refractivity contribution is 1.19. The summed E-state index contributed by atoms with van der Waals surface area (Å²) in [5.41, 5.74) is 4.47. The predicted molar refractivity (Wildman–Crippen MR) is 72.4 cm³/mol. The van der Waals surface area contributed by atoms with Crippen LogP contribution in [-0.2, 0) is 0 Å². The molecule has 0 aliphatic carbocycles. The van der Waals surface area contributed by atoms with Crippen molar-refractivity contribution in [2.45, 2.75) is 13.8 Å². The molecule has 0 radical (unpaired) electrons. The molecule has 0 atom stereocenters. The molecule has 0 aromatic carbocycles. The van der Waals surface area contributed by atoms with Gasteiger partial charge in [-0.2, -0.15) is 0 Å². The van der Waals surface area contributed by atoms with Crippen LogP contribution in [0, 0.1) is 13.8 Å². The van der Waals surface area contributed by atoms with E-state index >= 15 is 0 Å². The average molecular weight is 312 g/mol. The van der Waals surface area contributed by atoms with Crippen LogP contribution < -0.4 is 0 Å². The van der Waals surface area contributed by atoms with Crippen molar-refractivity contribution in [1.82, 2.24) is 9.97 Å². The number of halogens is 1. The molecule has 0 bridgehead atoms. The van der Waals surface area contributed by atoms with E-state index in [0.29, 0.717) is 0 Å². The van der Waals surface area contributed by atoms with Crippen LogP contribution in [0.2, 0.25) is 0 Å². The van der Waals surface area contributed by atoms with E-state index in [1.165, 1.54) is 11.1 Å². The summed E-state index contributed by atoms with van der Waals surface area (Å²) >= 11 is 0. The zero-order valence-electron chi connectivity index (χ0n) is 8.77. The minimum atomic E-state index is 0. The van der Waals surface area contributed by atoms with Crippen molar-refractivity contribution >= 4 is 24.0 Å². The van der Waals surface area contributed by atoms with Gasteiger partial charge in [0.05, 0.1) is 0 Å². The van der Waals surface area contributed by atoms with E-state index in [2.05, 4.69) is 22.1 Å². The Bertz CT molecular complexity index is 411. The molecule has 78 valence electrons. The normalized spacial score (nSPS) is 9.47. The first-order valence-electron chi connectivity index (χ1n) is 4.61. The lowest BCUT2D eigenvalue weighted by Crippen LogP contribution is -1.85. The zero-order valence-corrected chi connectivity index (χ0v) is 11.1. The summed E-state index contributed by atoms with van der Waals surface area (Å²) in [6, 6.07) is 8.19. The number of aromatic nitrogens is 2. The first-order chi connectivity index (χ1) is 6.75. The van der Waals surface area contributed by atoms with Crippen molar-refractivity contribution in [2.24, 2.45) is 0 Å². The monoisotopic (exact) mass is 312 g/mol. The maximum absolute atomic E-state index is 4.17. The minimum Gasteiger partial charge on any atom is -0.262 e. The van der Waals surface area contributed by atoms with E-state index in [4.69, 9.17) is 0 Å². The molecular weight excluding hydrogens is 299 g/mol. The molecular formula is C12H13IN2. The molecule has 2 rings (SSSR count). The van der Waals surface area contributed by atoms with Gasteiger partial charge in [0, 0.05) is 23.8 Å². The topological polar surface area (TPSA) is 25.8 Å². The Labute approximate surface area is 107 Å². The fourth-order valence-electron chi connectivity index (χ4n) is 1.45. The second-order valence-electron chi connectivity index (χ2n) is 3.37. The standard InChI is InChI=1S/C12H12N2.HI/c1-9-7-11(3-5-13-9)12-4-6-14-10(2)8-12;/h3-8H,1-2H3;1H. The molecule has 0 saturated heterocycles. The van der Waals surface area contributed by atoms with Gasteiger partial charge in [0.15, 0.2) is 0 Å². The molecule has 2 aromatic heterocycles. The maximum Gasteiger partial charge on any atom is 0.0378 e. The van der Waals surface area contributed by atoms with E-state index in [9.17, 15) is 0 Å². The summed E-state index contributed by atoms with van der Waals surface area (Å²) in [5, 5.41) is 0. The number of hydrogen-bond donors (Lipinski definition) is 0. The van der Waals surface area contributed by atoms with Crippen molar-refractivity contribution in [3.05, 3.63) is 48.0 Å². The molecule has 15 heavy (non-hydrogen) atoms. The van der Waals surface area contributed by atoms with Gasteiger partial charge >= 0.3 is 0 Å². The molecule has 2 heterocycles. The summed E-state index contributed by atoms with van der Waals surface area (Å²) < 4.78 is 0. The van der Waals surface area contributed by atoms with Crippen molar-refractivity contribution in [3.63, 3.8) is 0 Å². The lowest BCUT2D eigenvalue weighted by Gasteiger charge is -2.02. The number of pyridine rings is 2. The van der Waals surface area contributed by atoms with E-state index < -0.39 is 0 Å². The first-order valence-corrected chi connectivity index (χ1v) is 4.61. The number of rotatable bonds is 1. The molecule has 0 amide bonds. The van der Waals surface area contributed by atoms with Crippen molar-refractivity contribution in [3.8, 4) is 11.1 Å². The molecule has 2 nitrogen and oxygen atoms in total. The van der Waals surface area contributed by atoms with E-state index in [0.717, 1.165) is 11.4 Å². The summed E-state index contributed by atoms with van der Waals surface area (Å²) in [6.45, 7) is 4.00. The molecule has 0 N–H and O–H groups in total. The van der Waals surface area contributed by atoms with Gasteiger partial charge in [-0.1, -0.05) is 0 Å². The smallest absolute Gasteiger partial charge is 0.0378 e. The van der Waals surface area contributed by atoms with Gasteiger partial charge in [-0.25, -0.2) is 0 Å². The summed E-state index contributed by atoms with van der Waals surface area (Å²) in [7, 11) is 0. The highest BCUT2D eigenvalue weighted by molar-refractivity contribution is 14.0. The van der Waals surface area contributed by atoms with E-state index in [1.807, 2.05) is 38.4 Å². The van der Waals surface area contributed by atoms with Crippen molar-refractivity contribution in [2.75, 3.05) is 0 Å². The Morgan fingerprint density at radius 2 is 1.20 bits per heavy atom. The molecule has 0 aliphatic rings. The van der Waals surface area contributed by atoms with Crippen LogP contribution in [-0.4, -0.2) is 9.97 Å². The third kappa shape index (κ3) is 2.99. The molecule has 0 fully saturated rings. The van der Waals surface area contributed by atoms with E-state index in [1.54, 1.807) is 0 Å². The van der Waals surface area contributed by atoms with Gasteiger partial charge < -0.3 is 0 Å². The van der Waals surface area contributed by atoms with Crippen molar-refractivity contribution < 1.29 is 0 Å². The highest BCUT2D eigenvalue weighted by atomic mass is 127. The molecule has 0 spiro atoms. The van der Waals surface area contributed by atoms with E-state index in [-0.39, 0.29) is 24.0 Å². The Balaban J connectivity index is 0.00000112. The fourth-order valence-corrected chi connectivity index (χ4v) is 1.45. The van der Waals surface area contributed by atoms with Gasteiger partial charge in [-0.3, -0.25) is 9.97 Å². The Hall–Kier alpha value is -0.970. The third-order valence-electron chi connectivity index (χ3n) is 2.13. The molecule has 0 unspecified atom stereocenters. The lowest BCUT2D eigenvalue weighted by atomic mass is 10.1. The van der Waals surface area contributed by atoms with Crippen LogP contribution in [0.25, 0.3) is 11.1 Å². The van der Waals surface area contributed by atoms with Crippen LogP contribution in [0.3, 0.4) is 0 Å². The summed E-state index contributed by atoms with van der Waals surface area (Å²) in [4.78, 5) is 8.34. The zero-order chi connectivity index (χ0) is 9.97. The third-order valence-corrected chi connectivity index (χ3v) is 2.13. The Kier molecular flexibility index (Phi) is 4.20. The fraction of sp³-hybridized carbons (Fsp3) is 0.167. The van der Waals surface area contributed by atoms with Crippen LogP contribution >= 0.6 is 24.0 Å². The second-order valence-corrected chi connectivity index (χ2v) is 3.37. The molecule has 0 saturated carbocycles. The number of nitrogens with zero attached hydrogens (tertiary/aromatic N) is 2. The number of hydrogen-bond acceptors (Lipinski definition) is 2. The molecule has 0 aliphatic heterocycles. The van der Waals surface area contributed by atoms with Gasteiger partial charge in [-0.05, 0) is 49.2 Å². The largest absolute Gasteiger partial charge is 0.262 e. The summed E-state index contributed by atoms with van der Waals surface area (Å²) in [6.07, 6.45) is 3.67. The molecule has 3 heteroatoms. The van der Waals surface area contributed by atoms with Crippen LogP contribution in [0.15, 0.2) is 36.7 Å². The SMILES string of the molecule is Cc1cc(-c2ccnc(C)c2)ccn1.I. The van der Waals surface area contributed by atoms with Crippen LogP contribution in [0.4, 0.5) is 0 Å². The highest BCUT2D eigenvalue weighted by Crippen LogP contribution is 2.18. The summed E-state index contributed by atoms with van der Waals surface area (Å²) in [5.74, 6) is 0. The molecule has 2 aromatic rings.